The molecule has 0 aromatic heterocycles. The van der Waals surface area contributed by atoms with Crippen molar-refractivity contribution >= 4 is 11.8 Å². The highest BCUT2D eigenvalue weighted by atomic mass is 32.2. The Labute approximate surface area is 95.9 Å². The second-order valence-electron chi connectivity index (χ2n) is 4.91. The predicted molar refractivity (Wildman–Crippen MR) is 65.4 cm³/mol. The summed E-state index contributed by atoms with van der Waals surface area (Å²) >= 11 is 1.93. The van der Waals surface area contributed by atoms with Crippen LogP contribution in [-0.2, 0) is 5.41 Å². The van der Waals surface area contributed by atoms with Crippen LogP contribution in [0.2, 0.25) is 0 Å². The lowest BCUT2D eigenvalue weighted by Crippen LogP contribution is -2.23. The van der Waals surface area contributed by atoms with Gasteiger partial charge in [-0.25, -0.2) is 0 Å². The molecule has 0 radical (unpaired) electrons. The van der Waals surface area contributed by atoms with Gasteiger partial charge in [0.2, 0.25) is 0 Å². The first kappa shape index (κ1) is 11.0. The van der Waals surface area contributed by atoms with Crippen LogP contribution in [0.5, 0.6) is 0 Å². The van der Waals surface area contributed by atoms with Gasteiger partial charge in [-0.15, -0.1) is 11.8 Å². The van der Waals surface area contributed by atoms with E-state index in [1.165, 1.54) is 22.6 Å². The summed E-state index contributed by atoms with van der Waals surface area (Å²) in [6.45, 7) is 6.40. The molecule has 0 saturated carbocycles. The predicted octanol–water partition coefficient (Wildman–Crippen LogP) is 3.51. The lowest BCUT2D eigenvalue weighted by Gasteiger charge is -2.32. The SMILES string of the molecule is C[C@H](O)c1ccc2c(c1)C(C)(C)CCS2. The fourth-order valence-electron chi connectivity index (χ4n) is 2.01. The third kappa shape index (κ3) is 2.06. The van der Waals surface area contributed by atoms with Crippen LogP contribution in [-0.4, -0.2) is 10.9 Å². The van der Waals surface area contributed by atoms with Crippen LogP contribution >= 0.6 is 11.8 Å². The molecule has 0 bridgehead atoms. The van der Waals surface area contributed by atoms with E-state index in [-0.39, 0.29) is 11.5 Å². The molecule has 15 heavy (non-hydrogen) atoms. The molecule has 1 N–H and O–H groups in total. The van der Waals surface area contributed by atoms with Crippen LogP contribution in [0.1, 0.15) is 44.4 Å². The fourth-order valence-corrected chi connectivity index (χ4v) is 3.50. The molecule has 2 heteroatoms. The van der Waals surface area contributed by atoms with Crippen LogP contribution < -0.4 is 0 Å². The van der Waals surface area contributed by atoms with Gasteiger partial charge in [0.1, 0.15) is 0 Å². The maximum atomic E-state index is 9.59. The molecular formula is C13H18OS. The average molecular weight is 222 g/mol. The summed E-state index contributed by atoms with van der Waals surface area (Å²) in [6.07, 6.45) is 0.853. The van der Waals surface area contributed by atoms with Crippen molar-refractivity contribution in [3.8, 4) is 0 Å². The molecule has 1 aromatic rings. The second kappa shape index (κ2) is 3.84. The zero-order chi connectivity index (χ0) is 11.1. The van der Waals surface area contributed by atoms with Crippen molar-refractivity contribution in [3.05, 3.63) is 29.3 Å². The summed E-state index contributed by atoms with van der Waals surface area (Å²) in [4.78, 5) is 1.38. The summed E-state index contributed by atoms with van der Waals surface area (Å²) in [6, 6.07) is 6.37. The Morgan fingerprint density at radius 3 is 2.80 bits per heavy atom. The number of benzene rings is 1. The van der Waals surface area contributed by atoms with E-state index in [2.05, 4.69) is 26.0 Å². The van der Waals surface area contributed by atoms with Crippen molar-refractivity contribution in [2.45, 2.75) is 43.6 Å². The maximum absolute atomic E-state index is 9.59. The number of rotatable bonds is 1. The molecule has 82 valence electrons. The zero-order valence-electron chi connectivity index (χ0n) is 9.58. The monoisotopic (exact) mass is 222 g/mol. The summed E-state index contributed by atoms with van der Waals surface area (Å²) in [5, 5.41) is 9.59. The number of aliphatic hydroxyl groups excluding tert-OH is 1. The van der Waals surface area contributed by atoms with E-state index >= 15 is 0 Å². The summed E-state index contributed by atoms with van der Waals surface area (Å²) < 4.78 is 0. The van der Waals surface area contributed by atoms with Crippen LogP contribution in [0.25, 0.3) is 0 Å². The van der Waals surface area contributed by atoms with Gasteiger partial charge in [0.05, 0.1) is 6.10 Å². The number of thioether (sulfide) groups is 1. The van der Waals surface area contributed by atoms with Crippen molar-refractivity contribution in [2.24, 2.45) is 0 Å². The Morgan fingerprint density at radius 2 is 2.13 bits per heavy atom. The zero-order valence-corrected chi connectivity index (χ0v) is 10.4. The minimum absolute atomic E-state index is 0.255. The Morgan fingerprint density at radius 1 is 1.40 bits per heavy atom. The Bertz CT molecular complexity index is 369. The second-order valence-corrected chi connectivity index (χ2v) is 6.05. The fraction of sp³-hybridized carbons (Fsp3) is 0.538. The van der Waals surface area contributed by atoms with E-state index < -0.39 is 0 Å². The van der Waals surface area contributed by atoms with Crippen molar-refractivity contribution in [2.75, 3.05) is 5.75 Å². The number of hydrogen-bond donors (Lipinski definition) is 1. The van der Waals surface area contributed by atoms with Gasteiger partial charge >= 0.3 is 0 Å². The number of fused-ring (bicyclic) bond motifs is 1. The maximum Gasteiger partial charge on any atom is 0.0762 e. The lowest BCUT2D eigenvalue weighted by atomic mass is 9.81. The minimum Gasteiger partial charge on any atom is -0.389 e. The normalized spacial score (nSPS) is 20.8. The van der Waals surface area contributed by atoms with Gasteiger partial charge in [-0.2, -0.15) is 0 Å². The summed E-state index contributed by atoms with van der Waals surface area (Å²) in [7, 11) is 0. The third-order valence-corrected chi connectivity index (χ3v) is 4.28. The highest BCUT2D eigenvalue weighted by Gasteiger charge is 2.28. The smallest absolute Gasteiger partial charge is 0.0762 e. The topological polar surface area (TPSA) is 20.2 Å². The van der Waals surface area contributed by atoms with E-state index in [9.17, 15) is 5.11 Å². The Balaban J connectivity index is 2.49. The van der Waals surface area contributed by atoms with E-state index in [1.807, 2.05) is 24.8 Å². The molecule has 0 spiro atoms. The van der Waals surface area contributed by atoms with E-state index in [4.69, 9.17) is 0 Å². The molecule has 0 amide bonds. The third-order valence-electron chi connectivity index (χ3n) is 3.20. The molecule has 1 nitrogen and oxygen atoms in total. The van der Waals surface area contributed by atoms with Crippen molar-refractivity contribution in [1.82, 2.24) is 0 Å². The van der Waals surface area contributed by atoms with Crippen LogP contribution in [0.3, 0.4) is 0 Å². The molecule has 2 rings (SSSR count). The molecular weight excluding hydrogens is 204 g/mol. The van der Waals surface area contributed by atoms with E-state index in [1.54, 1.807) is 0 Å². The van der Waals surface area contributed by atoms with Crippen LogP contribution in [0.15, 0.2) is 23.1 Å². The first-order chi connectivity index (χ1) is 7.00. The first-order valence-electron chi connectivity index (χ1n) is 5.46. The number of hydrogen-bond acceptors (Lipinski definition) is 2. The largest absolute Gasteiger partial charge is 0.389 e. The van der Waals surface area contributed by atoms with Crippen LogP contribution in [0.4, 0.5) is 0 Å². The molecule has 1 aliphatic rings. The van der Waals surface area contributed by atoms with Gasteiger partial charge in [0.15, 0.2) is 0 Å². The van der Waals surface area contributed by atoms with E-state index in [0.717, 1.165) is 5.56 Å². The Kier molecular flexibility index (Phi) is 2.82. The molecule has 1 aromatic carbocycles. The van der Waals surface area contributed by atoms with Crippen molar-refractivity contribution < 1.29 is 5.11 Å². The Hall–Kier alpha value is -0.470. The molecule has 0 aliphatic carbocycles. The standard InChI is InChI=1S/C13H18OS/c1-9(14)10-4-5-12-11(8-10)13(2,3)6-7-15-12/h4-5,8-9,14H,6-7H2,1-3H3/t9-/m0/s1. The minimum atomic E-state index is -0.363. The van der Waals surface area contributed by atoms with E-state index in [0.29, 0.717) is 0 Å². The van der Waals surface area contributed by atoms with Crippen molar-refractivity contribution in [1.29, 1.82) is 0 Å². The molecule has 1 heterocycles. The molecule has 1 atom stereocenters. The highest BCUT2D eigenvalue weighted by Crippen LogP contribution is 2.42. The first-order valence-corrected chi connectivity index (χ1v) is 6.44. The summed E-state index contributed by atoms with van der Waals surface area (Å²) in [5.41, 5.74) is 2.69. The highest BCUT2D eigenvalue weighted by molar-refractivity contribution is 7.99. The molecule has 1 aliphatic heterocycles. The van der Waals surface area contributed by atoms with Gasteiger partial charge in [0.25, 0.3) is 0 Å². The number of aliphatic hydroxyl groups is 1. The lowest BCUT2D eigenvalue weighted by molar-refractivity contribution is 0.199. The van der Waals surface area contributed by atoms with Gasteiger partial charge in [-0.3, -0.25) is 0 Å². The van der Waals surface area contributed by atoms with Gasteiger partial charge in [-0.05, 0) is 41.7 Å². The van der Waals surface area contributed by atoms with Crippen LogP contribution in [0, 0.1) is 0 Å². The van der Waals surface area contributed by atoms with Gasteiger partial charge in [0, 0.05) is 4.90 Å². The quantitative estimate of drug-likeness (QED) is 0.784. The van der Waals surface area contributed by atoms with Gasteiger partial charge < -0.3 is 5.11 Å². The molecule has 0 saturated heterocycles. The summed E-state index contributed by atoms with van der Waals surface area (Å²) in [5.74, 6) is 1.20. The molecule has 0 unspecified atom stereocenters. The average Bonchev–Trinajstić information content (AvgIpc) is 2.17. The van der Waals surface area contributed by atoms with Gasteiger partial charge in [-0.1, -0.05) is 26.0 Å². The van der Waals surface area contributed by atoms with Crippen molar-refractivity contribution in [3.63, 3.8) is 0 Å². The molecule has 0 fully saturated rings.